The number of hydrogen-bond acceptors (Lipinski definition) is 6. The van der Waals surface area contributed by atoms with E-state index >= 15 is 0 Å². The molecule has 1 N–H and O–H groups in total. The van der Waals surface area contributed by atoms with E-state index in [2.05, 4.69) is 24.8 Å². The molecule has 2 aliphatic carbocycles. The number of benzene rings is 2. The monoisotopic (exact) mass is 582 g/mol. The van der Waals surface area contributed by atoms with Gasteiger partial charge in [0.25, 0.3) is 0 Å². The van der Waals surface area contributed by atoms with Crippen molar-refractivity contribution < 1.29 is 31.9 Å². The summed E-state index contributed by atoms with van der Waals surface area (Å²) >= 11 is 0. The first-order valence-corrected chi connectivity index (χ1v) is 14.0. The van der Waals surface area contributed by atoms with Crippen LogP contribution in [0.4, 0.5) is 23.2 Å². The lowest BCUT2D eigenvalue weighted by molar-refractivity contribution is -0.274. The van der Waals surface area contributed by atoms with Gasteiger partial charge >= 0.3 is 6.36 Å². The van der Waals surface area contributed by atoms with Crippen LogP contribution in [0.3, 0.4) is 0 Å². The van der Waals surface area contributed by atoms with E-state index < -0.39 is 29.4 Å². The highest BCUT2D eigenvalue weighted by atomic mass is 19.4. The number of rotatable bonds is 9. The standard InChI is InChI=1S/C31H30F4N4O3/c32-24-4-2-1-3-23(24)25-9-5-20(19-36-25)17-27(40)21-6-10-28(42-31(33,34)35)26(18-21)37-29(41)30(11-12-30)39-15-13-38(14-16-39)22-7-8-22/h1-6,9-10,18-19,22H,7-8,11-17H2,(H,37,41). The molecule has 42 heavy (non-hydrogen) atoms. The fourth-order valence-electron chi connectivity index (χ4n) is 5.66. The molecule has 220 valence electrons. The number of nitrogens with zero attached hydrogens (tertiary/aromatic N) is 3. The van der Waals surface area contributed by atoms with Crippen LogP contribution in [-0.2, 0) is 11.2 Å². The maximum Gasteiger partial charge on any atom is 0.573 e. The van der Waals surface area contributed by atoms with Crippen molar-refractivity contribution >= 4 is 17.4 Å². The number of amides is 1. The molecule has 2 saturated carbocycles. The maximum atomic E-state index is 14.1. The number of piperazine rings is 1. The van der Waals surface area contributed by atoms with Crippen LogP contribution in [-0.4, -0.2) is 70.6 Å². The molecule has 7 nitrogen and oxygen atoms in total. The third-order valence-electron chi connectivity index (χ3n) is 8.24. The van der Waals surface area contributed by atoms with Crippen LogP contribution < -0.4 is 10.1 Å². The Labute approximate surface area is 240 Å². The second-order valence-electron chi connectivity index (χ2n) is 11.1. The predicted molar refractivity (Wildman–Crippen MR) is 148 cm³/mol. The SMILES string of the molecule is O=C(Cc1ccc(-c2ccccc2F)nc1)c1ccc(OC(F)(F)F)c(NC(=O)C2(N3CCN(C4CC4)CC3)CC2)c1. The summed E-state index contributed by atoms with van der Waals surface area (Å²) in [5, 5.41) is 2.65. The average Bonchev–Trinajstić information content (AvgIpc) is 3.89. The number of carbonyl (C=O) groups is 2. The third kappa shape index (κ3) is 6.17. The van der Waals surface area contributed by atoms with Gasteiger partial charge in [-0.1, -0.05) is 18.2 Å². The highest BCUT2D eigenvalue weighted by Gasteiger charge is 2.55. The molecular formula is C31H30F4N4O3. The molecule has 0 radical (unpaired) electrons. The Morgan fingerprint density at radius 2 is 1.74 bits per heavy atom. The normalized spacial score (nSPS) is 18.9. The number of hydrogen-bond donors (Lipinski definition) is 1. The van der Waals surface area contributed by atoms with Gasteiger partial charge in [-0.05, 0) is 67.6 Å². The Morgan fingerprint density at radius 1 is 1.00 bits per heavy atom. The van der Waals surface area contributed by atoms with Gasteiger partial charge in [0.15, 0.2) is 11.5 Å². The van der Waals surface area contributed by atoms with Crippen molar-refractivity contribution in [2.75, 3.05) is 31.5 Å². The largest absolute Gasteiger partial charge is 0.573 e. The van der Waals surface area contributed by atoms with Gasteiger partial charge in [-0.3, -0.25) is 24.4 Å². The Hall–Kier alpha value is -3.83. The number of Topliss-reactive ketones (excluding diaryl/α,β-unsaturated/α-hetero) is 1. The minimum atomic E-state index is -4.98. The third-order valence-corrected chi connectivity index (χ3v) is 8.24. The zero-order valence-electron chi connectivity index (χ0n) is 22.8. The number of carbonyl (C=O) groups excluding carboxylic acids is 2. The molecule has 1 saturated heterocycles. The summed E-state index contributed by atoms with van der Waals surface area (Å²) in [5.74, 6) is -1.79. The van der Waals surface area contributed by atoms with Crippen molar-refractivity contribution in [2.24, 2.45) is 0 Å². The molecule has 11 heteroatoms. The van der Waals surface area contributed by atoms with Crippen molar-refractivity contribution in [3.63, 3.8) is 0 Å². The van der Waals surface area contributed by atoms with Crippen LogP contribution in [0.25, 0.3) is 11.3 Å². The Kier molecular flexibility index (Phi) is 7.48. The van der Waals surface area contributed by atoms with Crippen LogP contribution in [0.1, 0.15) is 41.6 Å². The Bertz CT molecular complexity index is 1480. The first-order chi connectivity index (χ1) is 20.1. The molecule has 2 heterocycles. The van der Waals surface area contributed by atoms with Gasteiger partial charge in [-0.2, -0.15) is 0 Å². The zero-order valence-corrected chi connectivity index (χ0v) is 22.8. The molecule has 3 aromatic rings. The molecule has 2 aromatic carbocycles. The number of ketones is 1. The fourth-order valence-corrected chi connectivity index (χ4v) is 5.66. The van der Waals surface area contributed by atoms with Crippen LogP contribution in [0.2, 0.25) is 0 Å². The Balaban J connectivity index is 1.17. The van der Waals surface area contributed by atoms with Gasteiger partial charge < -0.3 is 10.1 Å². The summed E-state index contributed by atoms with van der Waals surface area (Å²) in [6, 6.07) is 13.6. The number of pyridine rings is 1. The first kappa shape index (κ1) is 28.3. The first-order valence-electron chi connectivity index (χ1n) is 14.0. The van der Waals surface area contributed by atoms with Crippen LogP contribution in [0.5, 0.6) is 5.75 Å². The van der Waals surface area contributed by atoms with Crippen LogP contribution >= 0.6 is 0 Å². The van der Waals surface area contributed by atoms with Gasteiger partial charge in [0.2, 0.25) is 5.91 Å². The van der Waals surface area contributed by atoms with Gasteiger partial charge in [-0.15, -0.1) is 13.2 Å². The molecule has 0 unspecified atom stereocenters. The van der Waals surface area contributed by atoms with Gasteiger partial charge in [0.1, 0.15) is 11.4 Å². The molecule has 1 aliphatic heterocycles. The molecule has 1 amide bonds. The minimum Gasteiger partial charge on any atom is -0.404 e. The molecular weight excluding hydrogens is 552 g/mol. The summed E-state index contributed by atoms with van der Waals surface area (Å²) in [7, 11) is 0. The summed E-state index contributed by atoms with van der Waals surface area (Å²) in [6.45, 7) is 3.17. The van der Waals surface area contributed by atoms with E-state index in [0.29, 0.717) is 35.7 Å². The second kappa shape index (κ2) is 11.1. The van der Waals surface area contributed by atoms with Crippen molar-refractivity contribution in [1.82, 2.24) is 14.8 Å². The predicted octanol–water partition coefficient (Wildman–Crippen LogP) is 5.46. The molecule has 0 atom stereocenters. The number of halogens is 4. The highest BCUT2D eigenvalue weighted by Crippen LogP contribution is 2.44. The van der Waals surface area contributed by atoms with E-state index in [1.165, 1.54) is 37.2 Å². The van der Waals surface area contributed by atoms with Crippen molar-refractivity contribution in [1.29, 1.82) is 0 Å². The lowest BCUT2D eigenvalue weighted by Gasteiger charge is -2.39. The van der Waals surface area contributed by atoms with E-state index in [1.54, 1.807) is 30.3 Å². The van der Waals surface area contributed by atoms with Crippen LogP contribution in [0.15, 0.2) is 60.8 Å². The number of ether oxygens (including phenoxy) is 1. The molecule has 1 aromatic heterocycles. The quantitative estimate of drug-likeness (QED) is 0.267. The highest BCUT2D eigenvalue weighted by molar-refractivity contribution is 6.03. The molecule has 6 rings (SSSR count). The number of alkyl halides is 3. The maximum absolute atomic E-state index is 14.1. The number of aromatic nitrogens is 1. The van der Waals surface area contributed by atoms with Crippen LogP contribution in [0, 0.1) is 5.82 Å². The topological polar surface area (TPSA) is 74.8 Å². The lowest BCUT2D eigenvalue weighted by Crippen LogP contribution is -2.55. The number of anilines is 1. The molecule has 0 bridgehead atoms. The van der Waals surface area contributed by atoms with E-state index in [1.807, 2.05) is 0 Å². The minimum absolute atomic E-state index is 0.0907. The zero-order chi connectivity index (χ0) is 29.5. The van der Waals surface area contributed by atoms with Gasteiger partial charge in [0.05, 0.1) is 11.4 Å². The van der Waals surface area contributed by atoms with Gasteiger partial charge in [0, 0.05) is 56.0 Å². The van der Waals surface area contributed by atoms with Crippen molar-refractivity contribution in [2.45, 2.75) is 50.0 Å². The Morgan fingerprint density at radius 3 is 2.36 bits per heavy atom. The summed E-state index contributed by atoms with van der Waals surface area (Å²) in [5.41, 5.74) is 0.417. The van der Waals surface area contributed by atoms with E-state index in [-0.39, 0.29) is 23.5 Å². The number of nitrogens with one attached hydrogen (secondary N) is 1. The van der Waals surface area contributed by atoms with Crippen molar-refractivity contribution in [3.05, 3.63) is 77.7 Å². The molecule has 0 spiro atoms. The molecule has 3 aliphatic rings. The van der Waals surface area contributed by atoms with Crippen molar-refractivity contribution in [3.8, 4) is 17.0 Å². The van der Waals surface area contributed by atoms with E-state index in [0.717, 1.165) is 32.2 Å². The fraction of sp³-hybridized carbons (Fsp3) is 0.387. The van der Waals surface area contributed by atoms with E-state index in [9.17, 15) is 27.2 Å². The smallest absolute Gasteiger partial charge is 0.404 e. The van der Waals surface area contributed by atoms with E-state index in [4.69, 9.17) is 0 Å². The average molecular weight is 583 g/mol. The van der Waals surface area contributed by atoms with Gasteiger partial charge in [-0.25, -0.2) is 4.39 Å². The summed E-state index contributed by atoms with van der Waals surface area (Å²) < 4.78 is 57.8. The second-order valence-corrected chi connectivity index (χ2v) is 11.1. The summed E-state index contributed by atoms with van der Waals surface area (Å²) in [4.78, 5) is 35.4. The lowest BCUT2D eigenvalue weighted by atomic mass is 10.0. The summed E-state index contributed by atoms with van der Waals surface area (Å²) in [6.07, 6.45) is 0.0394. The molecule has 3 fully saturated rings.